The molecule has 98 valence electrons. The van der Waals surface area contributed by atoms with Crippen molar-refractivity contribution in [3.8, 4) is 0 Å². The first-order valence-corrected chi connectivity index (χ1v) is 7.24. The van der Waals surface area contributed by atoms with Gasteiger partial charge in [0.2, 0.25) is 0 Å². The summed E-state index contributed by atoms with van der Waals surface area (Å²) in [6.07, 6.45) is 6.76. The minimum Gasteiger partial charge on any atom is -0.377 e. The van der Waals surface area contributed by atoms with E-state index in [0.29, 0.717) is 12.1 Å². The van der Waals surface area contributed by atoms with Gasteiger partial charge in [-0.25, -0.2) is 0 Å². The Kier molecular flexibility index (Phi) is 3.67. The average molecular weight is 245 g/mol. The van der Waals surface area contributed by atoms with Crippen LogP contribution in [-0.2, 0) is 11.2 Å². The van der Waals surface area contributed by atoms with Crippen molar-refractivity contribution in [3.63, 3.8) is 0 Å². The summed E-state index contributed by atoms with van der Waals surface area (Å²) in [7, 11) is 2.25. The van der Waals surface area contributed by atoms with E-state index in [1.165, 1.54) is 37.7 Å². The lowest BCUT2D eigenvalue weighted by atomic mass is 10.1. The highest BCUT2D eigenvalue weighted by Crippen LogP contribution is 2.35. The van der Waals surface area contributed by atoms with Crippen molar-refractivity contribution in [1.82, 2.24) is 4.90 Å². The van der Waals surface area contributed by atoms with Gasteiger partial charge in [-0.15, -0.1) is 0 Å². The van der Waals surface area contributed by atoms with Crippen molar-refractivity contribution in [3.05, 3.63) is 35.4 Å². The first kappa shape index (κ1) is 12.2. The zero-order valence-corrected chi connectivity index (χ0v) is 11.3. The monoisotopic (exact) mass is 245 g/mol. The number of hydrogen-bond acceptors (Lipinski definition) is 2. The summed E-state index contributed by atoms with van der Waals surface area (Å²) in [5.41, 5.74) is 3.08. The molecule has 1 heterocycles. The Hall–Kier alpha value is -0.860. The molecule has 0 radical (unpaired) electrons. The van der Waals surface area contributed by atoms with E-state index in [9.17, 15) is 0 Å². The second kappa shape index (κ2) is 5.41. The highest BCUT2D eigenvalue weighted by Gasteiger charge is 2.27. The molecule has 1 aliphatic heterocycles. The molecule has 1 aliphatic carbocycles. The molecule has 2 heteroatoms. The Morgan fingerprint density at radius 2 is 2.11 bits per heavy atom. The smallest absolute Gasteiger partial charge is 0.0702 e. The molecule has 2 unspecified atom stereocenters. The molecule has 2 atom stereocenters. The molecular formula is C16H23NO. The number of hydrogen-bond donors (Lipinski definition) is 0. The van der Waals surface area contributed by atoms with Crippen molar-refractivity contribution in [1.29, 1.82) is 0 Å². The second-order valence-electron chi connectivity index (χ2n) is 5.68. The minimum absolute atomic E-state index is 0.455. The summed E-state index contributed by atoms with van der Waals surface area (Å²) < 4.78 is 5.85. The minimum atomic E-state index is 0.455. The van der Waals surface area contributed by atoms with Gasteiger partial charge in [0.1, 0.15) is 0 Å². The second-order valence-corrected chi connectivity index (χ2v) is 5.68. The first-order valence-electron chi connectivity index (χ1n) is 7.24. The van der Waals surface area contributed by atoms with Crippen LogP contribution >= 0.6 is 0 Å². The van der Waals surface area contributed by atoms with Crippen LogP contribution < -0.4 is 0 Å². The van der Waals surface area contributed by atoms with Crippen LogP contribution in [0.15, 0.2) is 24.3 Å². The molecule has 2 nitrogen and oxygen atoms in total. The molecular weight excluding hydrogens is 222 g/mol. The van der Waals surface area contributed by atoms with E-state index >= 15 is 0 Å². The van der Waals surface area contributed by atoms with Crippen LogP contribution in [0.1, 0.15) is 42.9 Å². The highest BCUT2D eigenvalue weighted by molar-refractivity contribution is 5.34. The molecule has 0 aromatic heterocycles. The van der Waals surface area contributed by atoms with Gasteiger partial charge in [0, 0.05) is 19.2 Å². The number of aryl methyl sites for hydroxylation is 1. The summed E-state index contributed by atoms with van der Waals surface area (Å²) >= 11 is 0. The normalized spacial score (nSPS) is 27.4. The Balaban J connectivity index is 1.64. The summed E-state index contributed by atoms with van der Waals surface area (Å²) in [5.74, 6) is 0. The van der Waals surface area contributed by atoms with Gasteiger partial charge in [-0.3, -0.25) is 4.90 Å². The highest BCUT2D eigenvalue weighted by atomic mass is 16.5. The lowest BCUT2D eigenvalue weighted by Gasteiger charge is -2.31. The third-order valence-corrected chi connectivity index (χ3v) is 4.40. The van der Waals surface area contributed by atoms with Crippen LogP contribution in [0.5, 0.6) is 0 Å². The summed E-state index contributed by atoms with van der Waals surface area (Å²) in [4.78, 5) is 2.50. The summed E-state index contributed by atoms with van der Waals surface area (Å²) in [6.45, 7) is 2.04. The lowest BCUT2D eigenvalue weighted by molar-refractivity contribution is -0.00826. The van der Waals surface area contributed by atoms with Gasteiger partial charge in [-0.05, 0) is 50.3 Å². The predicted molar refractivity (Wildman–Crippen MR) is 73.7 cm³/mol. The van der Waals surface area contributed by atoms with E-state index in [-0.39, 0.29) is 0 Å². The van der Waals surface area contributed by atoms with E-state index in [1.54, 1.807) is 5.56 Å². The van der Waals surface area contributed by atoms with E-state index in [1.807, 2.05) is 0 Å². The van der Waals surface area contributed by atoms with E-state index in [4.69, 9.17) is 4.74 Å². The third kappa shape index (κ3) is 2.45. The van der Waals surface area contributed by atoms with Gasteiger partial charge in [0.05, 0.1) is 6.10 Å². The topological polar surface area (TPSA) is 12.5 Å². The van der Waals surface area contributed by atoms with Crippen molar-refractivity contribution in [2.45, 2.75) is 44.2 Å². The standard InChI is InChI=1S/C16H23NO/c1-17(12-14-7-4-5-11-18-14)16-10-9-13-6-2-3-8-15(13)16/h2-3,6,8,14,16H,4-5,7,9-12H2,1H3. The van der Waals surface area contributed by atoms with Gasteiger partial charge in [0.25, 0.3) is 0 Å². The maximum atomic E-state index is 5.85. The number of nitrogens with zero attached hydrogens (tertiary/aromatic N) is 1. The van der Waals surface area contributed by atoms with E-state index in [2.05, 4.69) is 36.2 Å². The summed E-state index contributed by atoms with van der Waals surface area (Å²) in [5, 5.41) is 0. The molecule has 1 saturated heterocycles. The largest absolute Gasteiger partial charge is 0.377 e. The fourth-order valence-corrected chi connectivity index (χ4v) is 3.39. The number of ether oxygens (including phenoxy) is 1. The molecule has 0 amide bonds. The fourth-order valence-electron chi connectivity index (χ4n) is 3.39. The first-order chi connectivity index (χ1) is 8.84. The number of benzene rings is 1. The molecule has 1 aromatic carbocycles. The zero-order valence-electron chi connectivity index (χ0n) is 11.3. The molecule has 0 saturated carbocycles. The lowest BCUT2D eigenvalue weighted by Crippen LogP contribution is -2.35. The molecule has 18 heavy (non-hydrogen) atoms. The number of likely N-dealkylation sites (N-methyl/N-ethyl adjacent to an activating group) is 1. The van der Waals surface area contributed by atoms with Crippen LogP contribution in [0.2, 0.25) is 0 Å². The van der Waals surface area contributed by atoms with Crippen LogP contribution in [-0.4, -0.2) is 31.2 Å². The predicted octanol–water partition coefficient (Wildman–Crippen LogP) is 3.17. The van der Waals surface area contributed by atoms with Gasteiger partial charge >= 0.3 is 0 Å². The van der Waals surface area contributed by atoms with Crippen LogP contribution in [0.4, 0.5) is 0 Å². The maximum absolute atomic E-state index is 5.85. The molecule has 2 aliphatic rings. The number of fused-ring (bicyclic) bond motifs is 1. The zero-order chi connectivity index (χ0) is 12.4. The van der Waals surface area contributed by atoms with Crippen molar-refractivity contribution in [2.75, 3.05) is 20.2 Å². The van der Waals surface area contributed by atoms with E-state index in [0.717, 1.165) is 13.2 Å². The summed E-state index contributed by atoms with van der Waals surface area (Å²) in [6, 6.07) is 9.51. The van der Waals surface area contributed by atoms with Crippen molar-refractivity contribution < 1.29 is 4.74 Å². The number of rotatable bonds is 3. The molecule has 1 fully saturated rings. The molecule has 0 spiro atoms. The Bertz CT molecular complexity index is 398. The van der Waals surface area contributed by atoms with Crippen LogP contribution in [0.3, 0.4) is 0 Å². The Morgan fingerprint density at radius 3 is 2.94 bits per heavy atom. The van der Waals surface area contributed by atoms with Gasteiger partial charge in [-0.1, -0.05) is 24.3 Å². The maximum Gasteiger partial charge on any atom is 0.0702 e. The van der Waals surface area contributed by atoms with Gasteiger partial charge < -0.3 is 4.74 Å². The Labute approximate surface area is 110 Å². The molecule has 3 rings (SSSR count). The SMILES string of the molecule is CN(CC1CCCCO1)C1CCc2ccccc21. The van der Waals surface area contributed by atoms with Crippen LogP contribution in [0, 0.1) is 0 Å². The Morgan fingerprint density at radius 1 is 1.22 bits per heavy atom. The molecule has 0 N–H and O–H groups in total. The van der Waals surface area contributed by atoms with Crippen molar-refractivity contribution in [2.24, 2.45) is 0 Å². The van der Waals surface area contributed by atoms with E-state index < -0.39 is 0 Å². The van der Waals surface area contributed by atoms with Gasteiger partial charge in [-0.2, -0.15) is 0 Å². The molecule has 0 bridgehead atoms. The average Bonchev–Trinajstić information content (AvgIpc) is 2.84. The fraction of sp³-hybridized carbons (Fsp3) is 0.625. The molecule has 1 aromatic rings. The van der Waals surface area contributed by atoms with Gasteiger partial charge in [0.15, 0.2) is 0 Å². The van der Waals surface area contributed by atoms with Crippen LogP contribution in [0.25, 0.3) is 0 Å². The third-order valence-electron chi connectivity index (χ3n) is 4.40. The van der Waals surface area contributed by atoms with Crippen molar-refractivity contribution >= 4 is 0 Å². The quantitative estimate of drug-likeness (QED) is 0.811.